The minimum absolute atomic E-state index is 0.540. The SMILES string of the molecule is c1ccc(-c2ccc(N(c3ccc4c(c3)C(c3ccccc3)(c3ccccc3)c3ccccc3-4)c3ccccc3-c3cccc(-c4ccc5c(c4)c4ccccc4n5-c4ccc(-c5ccccc5)cc4)c3)cc2)cc1. The van der Waals surface area contributed by atoms with Crippen LogP contribution < -0.4 is 4.90 Å². The van der Waals surface area contributed by atoms with Crippen LogP contribution in [0.4, 0.5) is 17.1 Å². The summed E-state index contributed by atoms with van der Waals surface area (Å²) in [5.74, 6) is 0. The summed E-state index contributed by atoms with van der Waals surface area (Å²) in [5.41, 5.74) is 23.2. The largest absolute Gasteiger partial charge is 0.310 e. The smallest absolute Gasteiger partial charge is 0.0714 e. The lowest BCUT2D eigenvalue weighted by atomic mass is 9.67. The molecule has 0 radical (unpaired) electrons. The second-order valence-corrected chi connectivity index (χ2v) is 19.6. The summed E-state index contributed by atoms with van der Waals surface area (Å²) < 4.78 is 2.40. The standard InChI is InChI=1S/C73H50N2/c1-5-20-51(21-6-1)53-36-41-60(42-37-53)74(62-45-46-65-64-31-13-16-33-68(64)73(69(65)50-62,58-26-9-3-10-27-58)59-28-11-4-12-29-59)70-34-17-14-30-63(70)57-25-19-24-55(48-57)56-40-47-72-67(49-56)66-32-15-18-35-71(66)75(72)61-43-38-54(39-44-61)52-22-7-2-8-23-52/h1-50H. The molecular weight excluding hydrogens is 905 g/mol. The molecule has 2 nitrogen and oxygen atoms in total. The minimum Gasteiger partial charge on any atom is -0.310 e. The third kappa shape index (κ3) is 7.41. The van der Waals surface area contributed by atoms with Gasteiger partial charge >= 0.3 is 0 Å². The van der Waals surface area contributed by atoms with E-state index < -0.39 is 5.41 Å². The molecule has 1 heterocycles. The topological polar surface area (TPSA) is 8.17 Å². The molecule has 0 aliphatic heterocycles. The molecule has 0 fully saturated rings. The molecule has 0 saturated heterocycles. The van der Waals surface area contributed by atoms with E-state index in [2.05, 4.69) is 313 Å². The van der Waals surface area contributed by atoms with E-state index in [1.54, 1.807) is 0 Å². The minimum atomic E-state index is -0.540. The zero-order valence-corrected chi connectivity index (χ0v) is 41.3. The Morgan fingerprint density at radius 3 is 1.44 bits per heavy atom. The van der Waals surface area contributed by atoms with E-state index in [9.17, 15) is 0 Å². The Morgan fingerprint density at radius 1 is 0.267 bits per heavy atom. The number of rotatable bonds is 10. The molecule has 12 aromatic carbocycles. The highest BCUT2D eigenvalue weighted by atomic mass is 15.1. The van der Waals surface area contributed by atoms with Gasteiger partial charge in [0.25, 0.3) is 0 Å². The van der Waals surface area contributed by atoms with E-state index in [0.717, 1.165) is 39.4 Å². The molecule has 0 bridgehead atoms. The second-order valence-electron chi connectivity index (χ2n) is 19.6. The van der Waals surface area contributed by atoms with Crippen LogP contribution in [0, 0.1) is 0 Å². The molecule has 352 valence electrons. The highest BCUT2D eigenvalue weighted by molar-refractivity contribution is 6.10. The molecule has 0 unspecified atom stereocenters. The zero-order valence-electron chi connectivity index (χ0n) is 41.3. The van der Waals surface area contributed by atoms with E-state index >= 15 is 0 Å². The molecule has 0 N–H and O–H groups in total. The summed E-state index contributed by atoms with van der Waals surface area (Å²) in [4.78, 5) is 2.47. The number of para-hydroxylation sites is 2. The van der Waals surface area contributed by atoms with Crippen molar-refractivity contribution in [1.29, 1.82) is 0 Å². The lowest BCUT2D eigenvalue weighted by Crippen LogP contribution is -2.28. The van der Waals surface area contributed by atoms with Crippen molar-refractivity contribution in [3.8, 4) is 61.3 Å². The molecule has 1 aliphatic carbocycles. The first-order chi connectivity index (χ1) is 37.2. The van der Waals surface area contributed by atoms with Gasteiger partial charge in [-0.25, -0.2) is 0 Å². The van der Waals surface area contributed by atoms with Gasteiger partial charge in [-0.15, -0.1) is 0 Å². The van der Waals surface area contributed by atoms with E-state index in [0.29, 0.717) is 0 Å². The van der Waals surface area contributed by atoms with Crippen LogP contribution in [-0.4, -0.2) is 4.57 Å². The molecule has 1 aliphatic rings. The average Bonchev–Trinajstić information content (AvgIpc) is 4.07. The molecular formula is C73H50N2. The van der Waals surface area contributed by atoms with Gasteiger partial charge in [0.1, 0.15) is 0 Å². The van der Waals surface area contributed by atoms with Gasteiger partial charge in [-0.2, -0.15) is 0 Å². The molecule has 0 spiro atoms. The normalized spacial score (nSPS) is 12.4. The van der Waals surface area contributed by atoms with Crippen LogP contribution >= 0.6 is 0 Å². The van der Waals surface area contributed by atoms with Crippen LogP contribution in [-0.2, 0) is 5.41 Å². The number of nitrogens with zero attached hydrogens (tertiary/aromatic N) is 2. The average molecular weight is 955 g/mol. The van der Waals surface area contributed by atoms with Crippen LogP contribution in [0.3, 0.4) is 0 Å². The van der Waals surface area contributed by atoms with E-state index in [1.165, 1.54) is 83.0 Å². The number of hydrogen-bond donors (Lipinski definition) is 0. The first-order valence-corrected chi connectivity index (χ1v) is 25.9. The number of anilines is 3. The Bertz CT molecular complexity index is 4160. The Balaban J connectivity index is 0.912. The van der Waals surface area contributed by atoms with Crippen molar-refractivity contribution in [3.05, 3.63) is 326 Å². The molecule has 75 heavy (non-hydrogen) atoms. The lowest BCUT2D eigenvalue weighted by molar-refractivity contribution is 0.768. The van der Waals surface area contributed by atoms with Crippen LogP contribution in [0.25, 0.3) is 83.1 Å². The Labute approximate surface area is 438 Å². The quantitative estimate of drug-likeness (QED) is 0.133. The van der Waals surface area contributed by atoms with Crippen LogP contribution in [0.5, 0.6) is 0 Å². The highest BCUT2D eigenvalue weighted by Crippen LogP contribution is 2.57. The van der Waals surface area contributed by atoms with Crippen molar-refractivity contribution in [1.82, 2.24) is 4.57 Å². The first kappa shape index (κ1) is 44.0. The second kappa shape index (κ2) is 18.4. The highest BCUT2D eigenvalue weighted by Gasteiger charge is 2.46. The summed E-state index contributed by atoms with van der Waals surface area (Å²) in [6.07, 6.45) is 0. The van der Waals surface area contributed by atoms with E-state index in [-0.39, 0.29) is 0 Å². The third-order valence-electron chi connectivity index (χ3n) is 15.5. The summed E-state index contributed by atoms with van der Waals surface area (Å²) >= 11 is 0. The van der Waals surface area contributed by atoms with Crippen molar-refractivity contribution in [2.24, 2.45) is 0 Å². The molecule has 0 saturated carbocycles. The molecule has 0 amide bonds. The number of hydrogen-bond acceptors (Lipinski definition) is 1. The van der Waals surface area contributed by atoms with Crippen molar-refractivity contribution in [2.75, 3.05) is 4.90 Å². The van der Waals surface area contributed by atoms with Gasteiger partial charge in [-0.05, 0) is 139 Å². The van der Waals surface area contributed by atoms with Gasteiger partial charge in [0, 0.05) is 33.4 Å². The van der Waals surface area contributed by atoms with E-state index in [1.807, 2.05) is 0 Å². The van der Waals surface area contributed by atoms with Crippen LogP contribution in [0.2, 0.25) is 0 Å². The monoisotopic (exact) mass is 954 g/mol. The lowest BCUT2D eigenvalue weighted by Gasteiger charge is -2.35. The maximum Gasteiger partial charge on any atom is 0.0714 e. The van der Waals surface area contributed by atoms with Gasteiger partial charge in [0.2, 0.25) is 0 Å². The number of benzene rings is 12. The van der Waals surface area contributed by atoms with Gasteiger partial charge in [0.05, 0.1) is 22.1 Å². The Kier molecular flexibility index (Phi) is 10.8. The number of aromatic nitrogens is 1. The zero-order chi connectivity index (χ0) is 49.7. The number of fused-ring (bicyclic) bond motifs is 6. The fourth-order valence-electron chi connectivity index (χ4n) is 12.1. The summed E-state index contributed by atoms with van der Waals surface area (Å²) in [6.45, 7) is 0. The fraction of sp³-hybridized carbons (Fsp3) is 0.0137. The van der Waals surface area contributed by atoms with Gasteiger partial charge < -0.3 is 9.47 Å². The van der Waals surface area contributed by atoms with Crippen molar-refractivity contribution < 1.29 is 0 Å². The van der Waals surface area contributed by atoms with Gasteiger partial charge in [0.15, 0.2) is 0 Å². The van der Waals surface area contributed by atoms with Crippen molar-refractivity contribution in [2.45, 2.75) is 5.41 Å². The predicted molar refractivity (Wildman–Crippen MR) is 315 cm³/mol. The molecule has 2 heteroatoms. The van der Waals surface area contributed by atoms with Gasteiger partial charge in [-0.1, -0.05) is 237 Å². The molecule has 0 atom stereocenters. The van der Waals surface area contributed by atoms with E-state index in [4.69, 9.17) is 0 Å². The molecule has 14 rings (SSSR count). The molecule has 1 aromatic heterocycles. The fourth-order valence-corrected chi connectivity index (χ4v) is 12.1. The Morgan fingerprint density at radius 2 is 0.747 bits per heavy atom. The molecule has 13 aromatic rings. The summed E-state index contributed by atoms with van der Waals surface area (Å²) in [7, 11) is 0. The third-order valence-corrected chi connectivity index (χ3v) is 15.5. The van der Waals surface area contributed by atoms with Crippen LogP contribution in [0.1, 0.15) is 22.3 Å². The first-order valence-electron chi connectivity index (χ1n) is 25.9. The predicted octanol–water partition coefficient (Wildman–Crippen LogP) is 19.3. The van der Waals surface area contributed by atoms with Crippen LogP contribution in [0.15, 0.2) is 303 Å². The maximum absolute atomic E-state index is 2.47. The van der Waals surface area contributed by atoms with Crippen molar-refractivity contribution >= 4 is 38.9 Å². The summed E-state index contributed by atoms with van der Waals surface area (Å²) in [6, 6.07) is 111. The maximum atomic E-state index is 2.47. The summed E-state index contributed by atoms with van der Waals surface area (Å²) in [5, 5.41) is 2.46. The van der Waals surface area contributed by atoms with Gasteiger partial charge in [-0.3, -0.25) is 0 Å². The van der Waals surface area contributed by atoms with Crippen molar-refractivity contribution in [3.63, 3.8) is 0 Å². The Hall–Kier alpha value is -9.76.